The first-order valence-electron chi connectivity index (χ1n) is 9.79. The molecule has 4 aromatic rings. The first-order valence-corrected chi connectivity index (χ1v) is 11.2. The summed E-state index contributed by atoms with van der Waals surface area (Å²) in [4.78, 5) is 22.0. The van der Waals surface area contributed by atoms with Gasteiger partial charge in [0.2, 0.25) is 5.16 Å². The molecule has 150 valence electrons. The number of carbonyl (C=O) groups excluding carboxylic acids is 1. The number of fused-ring (bicyclic) bond motifs is 2. The molecule has 0 saturated heterocycles. The number of ketones is 1. The summed E-state index contributed by atoms with van der Waals surface area (Å²) in [6, 6.07) is 16.1. The Labute approximate surface area is 183 Å². The van der Waals surface area contributed by atoms with Gasteiger partial charge in [-0.05, 0) is 36.5 Å². The summed E-state index contributed by atoms with van der Waals surface area (Å²) < 4.78 is 1.61. The lowest BCUT2D eigenvalue weighted by atomic mass is 9.82. The molecule has 0 aliphatic heterocycles. The Kier molecular flexibility index (Phi) is 5.05. The summed E-state index contributed by atoms with van der Waals surface area (Å²) >= 11 is 7.74. The summed E-state index contributed by atoms with van der Waals surface area (Å²) in [5.41, 5.74) is 4.88. The van der Waals surface area contributed by atoms with Crippen LogP contribution in [-0.2, 0) is 12.2 Å². The topological polar surface area (TPSA) is 60.2 Å². The number of nitrogens with zero attached hydrogens (tertiary/aromatic N) is 4. The maximum Gasteiger partial charge on any atom is 0.253 e. The van der Waals surface area contributed by atoms with Gasteiger partial charge in [0.25, 0.3) is 5.78 Å². The number of benzene rings is 2. The van der Waals surface area contributed by atoms with Gasteiger partial charge in [-0.2, -0.15) is 4.98 Å². The largest absolute Gasteiger partial charge is 0.294 e. The zero-order chi connectivity index (χ0) is 20.7. The first-order chi connectivity index (χ1) is 14.6. The third-order valence-corrected chi connectivity index (χ3v) is 6.68. The summed E-state index contributed by atoms with van der Waals surface area (Å²) in [6.45, 7) is 2.07. The van der Waals surface area contributed by atoms with E-state index in [-0.39, 0.29) is 11.7 Å². The highest BCUT2D eigenvalue weighted by Gasteiger charge is 2.28. The van der Waals surface area contributed by atoms with Crippen LogP contribution < -0.4 is 0 Å². The van der Waals surface area contributed by atoms with Crippen molar-refractivity contribution in [3.8, 4) is 0 Å². The number of halogens is 1. The lowest BCUT2D eigenvalue weighted by molar-refractivity contribution is 0.0962. The van der Waals surface area contributed by atoms with Crippen molar-refractivity contribution >= 4 is 34.9 Å². The van der Waals surface area contributed by atoms with E-state index in [4.69, 9.17) is 11.6 Å². The van der Waals surface area contributed by atoms with Crippen molar-refractivity contribution in [2.45, 2.75) is 36.6 Å². The normalized spacial score (nSPS) is 16.1. The van der Waals surface area contributed by atoms with E-state index in [2.05, 4.69) is 46.3 Å². The van der Waals surface area contributed by atoms with Crippen LogP contribution >= 0.6 is 23.4 Å². The molecule has 0 bridgehead atoms. The van der Waals surface area contributed by atoms with Crippen molar-refractivity contribution in [1.29, 1.82) is 0 Å². The molecular formula is C23H19ClN4OS. The van der Waals surface area contributed by atoms with Gasteiger partial charge in [-0.25, -0.2) is 9.50 Å². The fourth-order valence-corrected chi connectivity index (χ4v) is 4.87. The fraction of sp³-hybridized carbons (Fsp3) is 0.217. The quantitative estimate of drug-likeness (QED) is 0.408. The minimum atomic E-state index is 0.108. The van der Waals surface area contributed by atoms with Crippen molar-refractivity contribution in [2.75, 3.05) is 0 Å². The number of hydrogen-bond acceptors (Lipinski definition) is 5. The van der Waals surface area contributed by atoms with Crippen LogP contribution in [-0.4, -0.2) is 25.4 Å². The van der Waals surface area contributed by atoms with Crippen molar-refractivity contribution < 1.29 is 4.79 Å². The highest BCUT2D eigenvalue weighted by Crippen LogP contribution is 2.32. The van der Waals surface area contributed by atoms with Gasteiger partial charge in [0, 0.05) is 23.4 Å². The third kappa shape index (κ3) is 3.73. The zero-order valence-corrected chi connectivity index (χ0v) is 18.0. The van der Waals surface area contributed by atoms with Gasteiger partial charge >= 0.3 is 0 Å². The van der Waals surface area contributed by atoms with E-state index >= 15 is 0 Å². The molecule has 0 radical (unpaired) electrons. The van der Waals surface area contributed by atoms with E-state index in [0.29, 0.717) is 28.7 Å². The Bertz CT molecular complexity index is 1250. The second-order valence-corrected chi connectivity index (χ2v) is 8.91. The Morgan fingerprint density at radius 1 is 1.10 bits per heavy atom. The number of carbonyl (C=O) groups is 1. The highest BCUT2D eigenvalue weighted by atomic mass is 35.5. The Morgan fingerprint density at radius 3 is 2.70 bits per heavy atom. The average Bonchev–Trinajstić information content (AvgIpc) is 3.14. The van der Waals surface area contributed by atoms with Crippen LogP contribution in [0.25, 0.3) is 5.78 Å². The smallest absolute Gasteiger partial charge is 0.253 e. The summed E-state index contributed by atoms with van der Waals surface area (Å²) in [6.07, 6.45) is 3.00. The number of Topliss-reactive ketones (excluding diaryl/α,β-unsaturated/α-hetero) is 1. The molecule has 5 nitrogen and oxygen atoms in total. The lowest BCUT2D eigenvalue weighted by Gasteiger charge is -2.23. The molecule has 0 saturated carbocycles. The van der Waals surface area contributed by atoms with Crippen LogP contribution in [0.1, 0.15) is 45.1 Å². The maximum atomic E-state index is 12.8. The molecule has 1 unspecified atom stereocenters. The summed E-state index contributed by atoms with van der Waals surface area (Å²) in [7, 11) is 0. The molecule has 1 aliphatic rings. The summed E-state index contributed by atoms with van der Waals surface area (Å²) in [5, 5.41) is 5.85. The fourth-order valence-electron chi connectivity index (χ4n) is 3.76. The van der Waals surface area contributed by atoms with E-state index in [1.54, 1.807) is 10.7 Å². The molecule has 2 aromatic heterocycles. The standard InChI is InChI=1S/C23H19ClN4OS/c1-14-6-8-15(9-7-14)17-10-20-18(21(29)11-17)12-28-22(25-20)26-23(27-28)30-13-16-4-2-3-5-19(16)24/h2-9,12,17H,10-11,13H2,1H3. The molecule has 0 spiro atoms. The molecule has 7 heteroatoms. The van der Waals surface area contributed by atoms with Gasteiger partial charge in [0.1, 0.15) is 0 Å². The average molecular weight is 435 g/mol. The van der Waals surface area contributed by atoms with Gasteiger partial charge in [-0.15, -0.1) is 5.10 Å². The van der Waals surface area contributed by atoms with Crippen LogP contribution in [0, 0.1) is 6.92 Å². The van der Waals surface area contributed by atoms with E-state index in [1.807, 2.05) is 24.3 Å². The molecule has 1 atom stereocenters. The van der Waals surface area contributed by atoms with Crippen molar-refractivity contribution in [3.63, 3.8) is 0 Å². The van der Waals surface area contributed by atoms with Gasteiger partial charge in [0.05, 0.1) is 11.3 Å². The number of aryl methyl sites for hydroxylation is 1. The van der Waals surface area contributed by atoms with E-state index in [1.165, 1.54) is 22.9 Å². The van der Waals surface area contributed by atoms with E-state index in [9.17, 15) is 4.79 Å². The molecule has 30 heavy (non-hydrogen) atoms. The molecule has 2 heterocycles. The Hall–Kier alpha value is -2.70. The number of hydrogen-bond donors (Lipinski definition) is 0. The van der Waals surface area contributed by atoms with Crippen molar-refractivity contribution in [2.24, 2.45) is 0 Å². The van der Waals surface area contributed by atoms with Crippen LogP contribution in [0.4, 0.5) is 0 Å². The maximum absolute atomic E-state index is 12.8. The molecule has 0 N–H and O–H groups in total. The molecule has 2 aromatic carbocycles. The number of rotatable bonds is 4. The van der Waals surface area contributed by atoms with Crippen LogP contribution in [0.3, 0.4) is 0 Å². The lowest BCUT2D eigenvalue weighted by Crippen LogP contribution is -2.21. The van der Waals surface area contributed by atoms with Gasteiger partial charge in [0.15, 0.2) is 5.78 Å². The molecule has 1 aliphatic carbocycles. The second-order valence-electron chi connectivity index (χ2n) is 7.56. The third-order valence-electron chi connectivity index (χ3n) is 5.43. The molecular weight excluding hydrogens is 416 g/mol. The zero-order valence-electron chi connectivity index (χ0n) is 16.4. The molecule has 0 amide bonds. The van der Waals surface area contributed by atoms with E-state index in [0.717, 1.165) is 22.7 Å². The first kappa shape index (κ1) is 19.3. The van der Waals surface area contributed by atoms with Crippen molar-refractivity contribution in [1.82, 2.24) is 19.6 Å². The highest BCUT2D eigenvalue weighted by molar-refractivity contribution is 7.98. The molecule has 0 fully saturated rings. The predicted octanol–water partition coefficient (Wildman–Crippen LogP) is 5.29. The van der Waals surface area contributed by atoms with E-state index < -0.39 is 0 Å². The number of thioether (sulfide) groups is 1. The Morgan fingerprint density at radius 2 is 1.90 bits per heavy atom. The minimum absolute atomic E-state index is 0.108. The van der Waals surface area contributed by atoms with Gasteiger partial charge in [-0.1, -0.05) is 71.4 Å². The minimum Gasteiger partial charge on any atom is -0.294 e. The van der Waals surface area contributed by atoms with Crippen LogP contribution in [0.15, 0.2) is 59.9 Å². The second kappa shape index (κ2) is 7.85. The summed E-state index contributed by atoms with van der Waals surface area (Å²) in [5.74, 6) is 1.45. The Balaban J connectivity index is 1.41. The van der Waals surface area contributed by atoms with Crippen LogP contribution in [0.5, 0.6) is 0 Å². The van der Waals surface area contributed by atoms with Crippen LogP contribution in [0.2, 0.25) is 5.02 Å². The molecule has 5 rings (SSSR count). The predicted molar refractivity (Wildman–Crippen MR) is 118 cm³/mol. The SMILES string of the molecule is Cc1ccc(C2CC(=O)c3cn4nc(SCc5ccccc5Cl)nc4nc3C2)cc1. The van der Waals surface area contributed by atoms with Gasteiger partial charge < -0.3 is 0 Å². The monoisotopic (exact) mass is 434 g/mol. The van der Waals surface area contributed by atoms with Gasteiger partial charge in [-0.3, -0.25) is 4.79 Å². The van der Waals surface area contributed by atoms with Crippen molar-refractivity contribution in [3.05, 3.63) is 87.7 Å². The number of aromatic nitrogens is 4.